The Labute approximate surface area is 798 Å². The number of carbonyl (C=O) groups is 6. The molecule has 4 aliphatic carbocycles. The topological polar surface area (TPSA) is 338 Å². The summed E-state index contributed by atoms with van der Waals surface area (Å²) in [6.07, 6.45) is 19.3. The average Bonchev–Trinajstić information content (AvgIpc) is 1.59. The largest absolute Gasteiger partial charge is 0.392 e. The molecule has 31 heteroatoms. The van der Waals surface area contributed by atoms with Gasteiger partial charge in [-0.05, 0) is 294 Å². The number of ketones is 2. The number of ether oxygens (including phenoxy) is 3. The zero-order valence-electron chi connectivity index (χ0n) is 81.7. The van der Waals surface area contributed by atoms with Crippen LogP contribution in [0.5, 0.6) is 0 Å². The maximum atomic E-state index is 13.2. The van der Waals surface area contributed by atoms with Gasteiger partial charge in [-0.1, -0.05) is 82.3 Å². The third-order valence-corrected chi connectivity index (χ3v) is 33.5. The van der Waals surface area contributed by atoms with Gasteiger partial charge in [0.2, 0.25) is 23.6 Å². The second kappa shape index (κ2) is 37.8. The fourth-order valence-corrected chi connectivity index (χ4v) is 22.3. The van der Waals surface area contributed by atoms with Crippen LogP contribution in [-0.4, -0.2) is 186 Å². The Kier molecular flexibility index (Phi) is 27.8. The number of hydrogen-bond acceptors (Lipinski definition) is 15. The van der Waals surface area contributed by atoms with Crippen LogP contribution in [0.25, 0.3) is 89.2 Å². The molecule has 2 unspecified atom stereocenters. The number of halogens is 1. The number of aromatic nitrogens is 12. The number of carbonyl (C=O) groups excluding carboxylic acids is 6. The first-order valence-corrected chi connectivity index (χ1v) is 59.8. The summed E-state index contributed by atoms with van der Waals surface area (Å²) in [5.74, 6) is 0.297. The molecule has 134 heavy (non-hydrogen) atoms. The van der Waals surface area contributed by atoms with Crippen LogP contribution < -0.4 is 20.0 Å². The molecule has 4 aliphatic heterocycles. The van der Waals surface area contributed by atoms with E-state index in [-0.39, 0.29) is 49.2 Å². The normalized spacial score (nSPS) is 17.2. The number of aliphatic hydroxyl groups is 2. The summed E-state index contributed by atoms with van der Waals surface area (Å²) in [5, 5.41) is 50.2. The molecule has 20 rings (SSSR count). The van der Waals surface area contributed by atoms with Crippen molar-refractivity contribution in [2.45, 2.75) is 299 Å². The zero-order chi connectivity index (χ0) is 95.4. The van der Waals surface area contributed by atoms with E-state index >= 15 is 0 Å². The Hall–Kier alpha value is -9.97. The number of β-amino-alcohol motifs (C(OH)–C–C–N with tert-alkyl or cyclic N) is 2. The fraction of sp³-hybridized carbons (Fsp3) is 0.515. The summed E-state index contributed by atoms with van der Waals surface area (Å²) in [6.45, 7) is 48.0. The van der Waals surface area contributed by atoms with Crippen LogP contribution in [0.15, 0.2) is 73.3 Å². The third-order valence-electron chi connectivity index (χ3n) is 27.6. The van der Waals surface area contributed by atoms with Crippen molar-refractivity contribution in [2.24, 2.45) is 0 Å². The van der Waals surface area contributed by atoms with Crippen molar-refractivity contribution in [1.82, 2.24) is 59.5 Å². The first kappa shape index (κ1) is 98.5. The minimum Gasteiger partial charge on any atom is -0.392 e. The number of benzene rings is 4. The average molecular weight is 1940 g/mol. The number of aromatic amines is 5. The molecule has 4 aromatic carbocycles. The van der Waals surface area contributed by atoms with Gasteiger partial charge in [0, 0.05) is 129 Å². The Morgan fingerprint density at radius 3 is 1.10 bits per heavy atom. The molecule has 0 spiro atoms. The minimum absolute atomic E-state index is 0. The molecule has 12 aromatic rings. The van der Waals surface area contributed by atoms with Crippen LogP contribution in [0.4, 0.5) is 22.7 Å². The minimum atomic E-state index is -1.12. The number of amides is 4. The number of nitrogens with zero attached hydrogens (tertiary/aromatic N) is 10. The quantitative estimate of drug-likeness (QED) is 0.0178. The number of alkyl halides is 1. The van der Waals surface area contributed by atoms with Crippen LogP contribution >= 0.6 is 15.9 Å². The molecule has 0 bridgehead atoms. The smallest absolute Gasteiger partial charge is 0.237 e. The molecule has 0 fully saturated rings. The number of aliphatic hydroxyl groups excluding tert-OH is 2. The lowest BCUT2D eigenvalue weighted by molar-refractivity contribution is -0.124. The van der Waals surface area contributed by atoms with E-state index in [1.807, 2.05) is 75.6 Å². The van der Waals surface area contributed by atoms with Crippen molar-refractivity contribution in [3.05, 3.63) is 140 Å². The van der Waals surface area contributed by atoms with Gasteiger partial charge in [0.05, 0.1) is 93.5 Å². The number of aryl methyl sites for hydroxylation is 8. The molecular formula is C103H139BrN16O11Si3. The number of hydrogen-bond donors (Lipinski definition) is 8. The summed E-state index contributed by atoms with van der Waals surface area (Å²) in [6, 6.07) is 20.5. The summed E-state index contributed by atoms with van der Waals surface area (Å²) in [5.41, 5.74) is 28.1. The van der Waals surface area contributed by atoms with Crippen LogP contribution in [0.2, 0.25) is 77.1 Å². The second-order valence-electron chi connectivity index (χ2n) is 43.9. The monoisotopic (exact) mass is 1940 g/mol. The first-order chi connectivity index (χ1) is 62.7. The Bertz CT molecular complexity index is 6540. The maximum Gasteiger partial charge on any atom is 0.237 e. The van der Waals surface area contributed by atoms with Gasteiger partial charge in [-0.15, -0.1) is 0 Å². The Morgan fingerprint density at radius 2 is 0.761 bits per heavy atom. The summed E-state index contributed by atoms with van der Waals surface area (Å²) in [7, 11) is -3.32. The van der Waals surface area contributed by atoms with E-state index in [9.17, 15) is 39.0 Å². The molecule has 716 valence electrons. The van der Waals surface area contributed by atoms with Crippen molar-refractivity contribution in [2.75, 3.05) is 64.8 Å². The molecule has 2 atom stereocenters. The number of Topliss-reactive ketones (excluding diaryl/α,β-unsaturated/α-hetero) is 2. The Morgan fingerprint density at radius 1 is 0.440 bits per heavy atom. The van der Waals surface area contributed by atoms with Gasteiger partial charge in [-0.3, -0.25) is 33.9 Å². The Balaban J connectivity index is 0.000000134. The molecule has 8 aliphatic rings. The van der Waals surface area contributed by atoms with Crippen LogP contribution in [0.1, 0.15) is 183 Å². The van der Waals surface area contributed by atoms with E-state index in [0.29, 0.717) is 38.6 Å². The van der Waals surface area contributed by atoms with Crippen molar-refractivity contribution < 1.29 is 53.2 Å². The molecule has 27 nitrogen and oxygen atoms in total. The fourth-order valence-electron chi connectivity index (χ4n) is 20.1. The predicted molar refractivity (Wildman–Crippen MR) is 548 cm³/mol. The lowest BCUT2D eigenvalue weighted by Crippen LogP contribution is -2.39. The lowest BCUT2D eigenvalue weighted by Gasteiger charge is -2.21. The highest BCUT2D eigenvalue weighted by Crippen LogP contribution is 2.52. The molecule has 0 saturated heterocycles. The summed E-state index contributed by atoms with van der Waals surface area (Å²) >= 11 is 2.96. The van der Waals surface area contributed by atoms with E-state index in [2.05, 4.69) is 177 Å². The van der Waals surface area contributed by atoms with Gasteiger partial charge in [0.25, 0.3) is 0 Å². The van der Waals surface area contributed by atoms with Gasteiger partial charge in [0.15, 0.2) is 0 Å². The van der Waals surface area contributed by atoms with Gasteiger partial charge >= 0.3 is 0 Å². The highest BCUT2D eigenvalue weighted by atomic mass is 79.9. The van der Waals surface area contributed by atoms with Crippen molar-refractivity contribution in [3.8, 4) is 45.6 Å². The highest BCUT2D eigenvalue weighted by molar-refractivity contribution is 9.09. The summed E-state index contributed by atoms with van der Waals surface area (Å²) in [4.78, 5) is 93.1. The molecule has 4 amide bonds. The summed E-state index contributed by atoms with van der Waals surface area (Å²) < 4.78 is 23.6. The molecule has 8 N–H and O–H groups in total. The van der Waals surface area contributed by atoms with E-state index in [0.717, 1.165) is 244 Å². The van der Waals surface area contributed by atoms with E-state index in [1.165, 1.54) is 63.7 Å². The number of anilines is 4. The van der Waals surface area contributed by atoms with Crippen molar-refractivity contribution in [1.29, 1.82) is 0 Å². The van der Waals surface area contributed by atoms with Crippen LogP contribution in [0, 0.1) is 0 Å². The molecule has 0 radical (unpaired) electrons. The number of fused-ring (bicyclic) bond motifs is 24. The lowest BCUT2D eigenvalue weighted by atomic mass is 9.85. The molecule has 0 saturated carbocycles. The molecular weight excluding hydrogens is 1800 g/mol. The standard InChI is InChI=1S/C27H38N4O3Si.C27H36N4O3Si.C24H32N4O2Si.C21H24N4O2.C3H5BrO.CH4/c2*1-17(32)14-31-23-12-20-19-9-7-8-18-15-30(16-34-10-11-35(4,5)6)29-24(18)25(19)28-22(20)13-21(23)27(2,3)26(31)33;1-24(2)18-12-19-17(11-20(18)26-23(24)29)16-8-6-7-15-13-28(27-21(15)22(16)25-19)14-30-9-10-31(3,4)5;1-11(26)10-25-17-7-14-13-6-4-5-12-9-22-24-18(12)19(13)23-16(14)8-15(17)21(2,3)20(25)27;1-3(5)2-4;/h12-13,15,17,28,32H,7-11,14,16H2,1-6H3;12-13,15,28H,7-11,14,16H2,1-6H3;11-13,25H,6-10,14H2,1-5H3,(H,26,29);7-9,11,23,26H,4-6,10H2,1-3H3,(H,22,24);2H2,1H3;1H4. The highest BCUT2D eigenvalue weighted by Gasteiger charge is 2.49. The first-order valence-electron chi connectivity index (χ1n) is 47.6. The molecule has 8 aromatic heterocycles. The van der Waals surface area contributed by atoms with Gasteiger partial charge < -0.3 is 64.4 Å². The van der Waals surface area contributed by atoms with Gasteiger partial charge in [-0.25, -0.2) is 14.0 Å². The van der Waals surface area contributed by atoms with Crippen LogP contribution in [0.3, 0.4) is 0 Å². The SMILES string of the molecule is C.CC(=O)CBr.CC(=O)CN1C(=O)C(C)(C)c2cc3[nH]c4c(c3cc21)CCCc1cn(COCC[Si](C)(C)C)nc1-4.CC(O)CN1C(=O)C(C)(C)c2cc3[nH]c4c(c3cc21)CCCc1cn(COCC[Si](C)(C)C)nc1-4.CC(O)CN1C(=O)C(C)(C)c2cc3[nH]c4c(c3cc21)CCCc1cn[nH]c1-4.CC1(C)C(=O)Nc2cc3c4c([nH]c3cc21)-c1nn(COCC[Si](C)(C)C)cc1CCC4. The van der Waals surface area contributed by atoms with Gasteiger partial charge in [0.1, 0.15) is 48.8 Å². The number of rotatable bonds is 22. The van der Waals surface area contributed by atoms with E-state index in [1.54, 1.807) is 28.5 Å². The van der Waals surface area contributed by atoms with E-state index < -0.39 is 58.1 Å². The second-order valence-corrected chi connectivity index (χ2v) is 61.3. The van der Waals surface area contributed by atoms with Crippen LogP contribution in [-0.2, 0) is 136 Å². The zero-order valence-corrected chi connectivity index (χ0v) is 86.3. The number of H-pyrrole nitrogens is 5. The third kappa shape index (κ3) is 19.6. The number of nitrogens with one attached hydrogen (secondary N) is 6. The van der Waals surface area contributed by atoms with E-state index in [4.69, 9.17) is 29.5 Å². The van der Waals surface area contributed by atoms with Crippen molar-refractivity contribution in [3.63, 3.8) is 0 Å². The predicted octanol–water partition coefficient (Wildman–Crippen LogP) is 19.6. The van der Waals surface area contributed by atoms with Gasteiger partial charge in [-0.2, -0.15) is 20.4 Å². The maximum absolute atomic E-state index is 13.2. The molecule has 12 heterocycles. The van der Waals surface area contributed by atoms with Crippen molar-refractivity contribution >= 4 is 142 Å².